The van der Waals surface area contributed by atoms with Crippen molar-refractivity contribution >= 4 is 68.2 Å². The molecule has 256 valence electrons. The Labute approximate surface area is 283 Å². The molecular weight excluding hydrogens is 628 g/mol. The zero-order valence-corrected chi connectivity index (χ0v) is 29.0. The first kappa shape index (κ1) is 34.8. The summed E-state index contributed by atoms with van der Waals surface area (Å²) in [6.45, 7) is 9.53. The number of aromatic amines is 2. The number of fused-ring (bicyclic) bond motifs is 8. The highest BCUT2D eigenvalue weighted by Gasteiger charge is 2.28. The SMILES string of the molecule is CCC1=C(C)c2cc3nc(c(CC(=O)O)c4[nH]c(cc5[nH]c(cc1n2)c(C(=O)OC)c5CC)c(C)c4C(=O)OC)C(CCC(=O)OC)=C3C. The van der Waals surface area contributed by atoms with Crippen molar-refractivity contribution in [1.29, 1.82) is 0 Å². The van der Waals surface area contributed by atoms with E-state index in [2.05, 4.69) is 9.97 Å². The number of carbonyl (C=O) groups is 4. The van der Waals surface area contributed by atoms with E-state index in [9.17, 15) is 24.3 Å². The van der Waals surface area contributed by atoms with Crippen LogP contribution in [0, 0.1) is 6.92 Å². The molecule has 3 aromatic rings. The molecule has 0 radical (unpaired) electrons. The Balaban J connectivity index is 2.08. The highest BCUT2D eigenvalue weighted by atomic mass is 16.5. The van der Waals surface area contributed by atoms with Gasteiger partial charge in [-0.05, 0) is 91.7 Å². The number of aromatic nitrogens is 4. The van der Waals surface area contributed by atoms with Gasteiger partial charge in [-0.2, -0.15) is 0 Å². The number of ether oxygens (including phenoxy) is 3. The molecule has 2 aliphatic rings. The first-order valence-electron chi connectivity index (χ1n) is 16.0. The van der Waals surface area contributed by atoms with Gasteiger partial charge in [0.25, 0.3) is 0 Å². The molecule has 49 heavy (non-hydrogen) atoms. The van der Waals surface area contributed by atoms with Crippen molar-refractivity contribution in [2.75, 3.05) is 21.3 Å². The maximum atomic E-state index is 13.4. The molecule has 5 rings (SSSR count). The Morgan fingerprint density at radius 1 is 0.714 bits per heavy atom. The average molecular weight is 669 g/mol. The normalized spacial score (nSPS) is 12.7. The number of hydrogen-bond donors (Lipinski definition) is 3. The predicted octanol–water partition coefficient (Wildman–Crippen LogP) is 6.61. The summed E-state index contributed by atoms with van der Waals surface area (Å²) in [7, 11) is 3.90. The fourth-order valence-electron chi connectivity index (χ4n) is 6.67. The molecule has 0 amide bonds. The van der Waals surface area contributed by atoms with Crippen LogP contribution >= 0.6 is 0 Å². The first-order valence-corrected chi connectivity index (χ1v) is 16.0. The number of rotatable bonds is 9. The summed E-state index contributed by atoms with van der Waals surface area (Å²) in [6, 6.07) is 5.48. The minimum absolute atomic E-state index is 0.0342. The number of carboxylic acids is 1. The van der Waals surface area contributed by atoms with E-state index in [4.69, 9.17) is 24.2 Å². The second-order valence-corrected chi connectivity index (χ2v) is 11.9. The topological polar surface area (TPSA) is 174 Å². The summed E-state index contributed by atoms with van der Waals surface area (Å²) < 4.78 is 15.3. The lowest BCUT2D eigenvalue weighted by Gasteiger charge is -2.09. The smallest absolute Gasteiger partial charge is 0.340 e. The number of hydrogen-bond acceptors (Lipinski definition) is 9. The van der Waals surface area contributed by atoms with E-state index in [1.54, 1.807) is 13.0 Å². The lowest BCUT2D eigenvalue weighted by atomic mass is 9.95. The molecule has 0 spiro atoms. The van der Waals surface area contributed by atoms with Crippen LogP contribution in [0.2, 0.25) is 0 Å². The van der Waals surface area contributed by atoms with Gasteiger partial charge in [0, 0.05) is 23.0 Å². The summed E-state index contributed by atoms with van der Waals surface area (Å²) >= 11 is 0. The number of methoxy groups -OCH3 is 3. The lowest BCUT2D eigenvalue weighted by molar-refractivity contribution is -0.140. The highest BCUT2D eigenvalue weighted by molar-refractivity contribution is 6.06. The standard InChI is InChI=1S/C37H40N4O8/c1-9-20-17(3)24-14-25-18(4)22(11-12-31(44)47-6)34(40-25)23(13-30(42)43)35-32(36(45)48-7)19(5)26(41-35)15-28-21(10-2)33(37(46)49-8)29(39-28)16-27(20)38-24/h14-16,39,41H,9-13H2,1-8H3,(H,42,43). The summed E-state index contributed by atoms with van der Waals surface area (Å²) in [4.78, 5) is 68.1. The zero-order chi connectivity index (χ0) is 35.7. The van der Waals surface area contributed by atoms with Crippen molar-refractivity contribution in [3.63, 3.8) is 0 Å². The number of aliphatic carboxylic acids is 1. The molecular formula is C37H40N4O8. The second-order valence-electron chi connectivity index (χ2n) is 11.9. The van der Waals surface area contributed by atoms with Crippen molar-refractivity contribution in [3.05, 3.63) is 68.8 Å². The van der Waals surface area contributed by atoms with E-state index >= 15 is 0 Å². The molecule has 0 aliphatic carbocycles. The molecule has 0 unspecified atom stereocenters. The van der Waals surface area contributed by atoms with Crippen LogP contribution in [0.15, 0.2) is 18.2 Å². The Bertz CT molecular complexity index is 2150. The van der Waals surface area contributed by atoms with Crippen LogP contribution in [-0.2, 0) is 36.6 Å². The van der Waals surface area contributed by atoms with Crippen LogP contribution in [-0.4, -0.2) is 70.2 Å². The van der Waals surface area contributed by atoms with Crippen LogP contribution in [0.4, 0.5) is 0 Å². The molecule has 12 nitrogen and oxygen atoms in total. The largest absolute Gasteiger partial charge is 0.481 e. The third-order valence-electron chi connectivity index (χ3n) is 9.25. The average Bonchev–Trinajstić information content (AvgIpc) is 3.78. The van der Waals surface area contributed by atoms with Gasteiger partial charge >= 0.3 is 23.9 Å². The number of carbonyl (C=O) groups excluding carboxylic acids is 3. The minimum atomic E-state index is -1.14. The van der Waals surface area contributed by atoms with Crippen molar-refractivity contribution in [3.8, 4) is 0 Å². The van der Waals surface area contributed by atoms with Gasteiger partial charge in [-0.1, -0.05) is 13.8 Å². The van der Waals surface area contributed by atoms with Gasteiger partial charge in [-0.3, -0.25) is 9.59 Å². The molecule has 0 atom stereocenters. The molecule has 0 saturated heterocycles. The molecule has 3 N–H and O–H groups in total. The lowest BCUT2D eigenvalue weighted by Crippen LogP contribution is -2.08. The van der Waals surface area contributed by atoms with E-state index in [0.29, 0.717) is 74.4 Å². The number of carboxylic acid groups (broad SMARTS) is 1. The Hall–Kier alpha value is -5.52. The Morgan fingerprint density at radius 3 is 1.98 bits per heavy atom. The van der Waals surface area contributed by atoms with Gasteiger partial charge in [0.05, 0.1) is 72.7 Å². The van der Waals surface area contributed by atoms with Crippen LogP contribution in [0.3, 0.4) is 0 Å². The van der Waals surface area contributed by atoms with Crippen molar-refractivity contribution < 1.29 is 38.5 Å². The van der Waals surface area contributed by atoms with E-state index in [0.717, 1.165) is 16.7 Å². The van der Waals surface area contributed by atoms with Gasteiger partial charge in [-0.25, -0.2) is 19.6 Å². The quantitative estimate of drug-likeness (QED) is 0.166. The zero-order valence-electron chi connectivity index (χ0n) is 29.0. The number of esters is 3. The van der Waals surface area contributed by atoms with Gasteiger partial charge in [0.2, 0.25) is 0 Å². The monoisotopic (exact) mass is 668 g/mol. The van der Waals surface area contributed by atoms with Crippen LogP contribution in [0.5, 0.6) is 0 Å². The number of aryl methyl sites for hydroxylation is 2. The second kappa shape index (κ2) is 13.9. The molecule has 5 heterocycles. The van der Waals surface area contributed by atoms with Crippen molar-refractivity contribution in [2.45, 2.75) is 66.7 Å². The molecule has 0 aromatic carbocycles. The molecule has 0 saturated carbocycles. The molecule has 8 bridgehead atoms. The molecule has 12 heteroatoms. The van der Waals surface area contributed by atoms with Crippen LogP contribution in [0.25, 0.3) is 44.4 Å². The van der Waals surface area contributed by atoms with Gasteiger partial charge in [0.1, 0.15) is 0 Å². The van der Waals surface area contributed by atoms with Crippen molar-refractivity contribution in [2.24, 2.45) is 0 Å². The van der Waals surface area contributed by atoms with E-state index in [1.165, 1.54) is 21.3 Å². The fourth-order valence-corrected chi connectivity index (χ4v) is 6.67. The molecule has 2 aliphatic heterocycles. The minimum Gasteiger partial charge on any atom is -0.481 e. The maximum absolute atomic E-state index is 13.4. The number of nitrogens with one attached hydrogen (secondary N) is 2. The van der Waals surface area contributed by atoms with E-state index in [1.807, 2.05) is 39.8 Å². The number of H-pyrrole nitrogens is 2. The predicted molar refractivity (Wildman–Crippen MR) is 186 cm³/mol. The Kier molecular flexibility index (Phi) is 9.88. The van der Waals surface area contributed by atoms with Crippen molar-refractivity contribution in [1.82, 2.24) is 19.9 Å². The summed E-state index contributed by atoms with van der Waals surface area (Å²) in [5, 5.41) is 10.2. The molecule has 0 fully saturated rings. The fraction of sp³-hybridized carbons (Fsp3) is 0.351. The summed E-state index contributed by atoms with van der Waals surface area (Å²) in [5.74, 6) is -2.75. The van der Waals surface area contributed by atoms with Gasteiger partial charge in [-0.15, -0.1) is 0 Å². The van der Waals surface area contributed by atoms with Gasteiger partial charge in [0.15, 0.2) is 0 Å². The van der Waals surface area contributed by atoms with Crippen LogP contribution in [0.1, 0.15) is 107 Å². The first-order chi connectivity index (χ1) is 23.4. The van der Waals surface area contributed by atoms with Gasteiger partial charge < -0.3 is 29.3 Å². The summed E-state index contributed by atoms with van der Waals surface area (Å²) in [5.41, 5.74) is 9.36. The van der Waals surface area contributed by atoms with Crippen LogP contribution < -0.4 is 0 Å². The highest BCUT2D eigenvalue weighted by Crippen LogP contribution is 2.39. The van der Waals surface area contributed by atoms with E-state index in [-0.39, 0.29) is 29.5 Å². The molecule has 3 aromatic heterocycles. The third-order valence-corrected chi connectivity index (χ3v) is 9.25. The third kappa shape index (κ3) is 6.26. The maximum Gasteiger partial charge on any atom is 0.340 e. The number of nitrogens with zero attached hydrogens (tertiary/aromatic N) is 2. The number of allylic oxidation sites excluding steroid dienone is 4. The van der Waals surface area contributed by atoms with E-state index < -0.39 is 30.3 Å². The summed E-state index contributed by atoms with van der Waals surface area (Å²) in [6.07, 6.45) is 0.913. The Morgan fingerprint density at radius 2 is 1.37 bits per heavy atom.